The Bertz CT molecular complexity index is 722. The molecule has 2 aromatic rings. The van der Waals surface area contributed by atoms with Crippen LogP contribution < -0.4 is 16.6 Å². The van der Waals surface area contributed by atoms with Gasteiger partial charge in [0.1, 0.15) is 0 Å². The van der Waals surface area contributed by atoms with Crippen molar-refractivity contribution in [2.75, 3.05) is 6.54 Å². The average molecular weight is 338 g/mol. The van der Waals surface area contributed by atoms with Gasteiger partial charge in [-0.25, -0.2) is 0 Å². The van der Waals surface area contributed by atoms with Gasteiger partial charge < -0.3 is 16.0 Å². The maximum atomic E-state index is 12.4. The number of nitrogens with one attached hydrogen (secondary N) is 2. The molecule has 0 unspecified atom stereocenters. The molecule has 20 heavy (non-hydrogen) atoms. The molecular weight excluding hydrogens is 322 g/mol. The van der Waals surface area contributed by atoms with Gasteiger partial charge in [-0.3, -0.25) is 9.59 Å². The minimum absolute atomic E-state index is 0.309. The van der Waals surface area contributed by atoms with Gasteiger partial charge in [-0.1, -0.05) is 15.9 Å². The van der Waals surface area contributed by atoms with Crippen LogP contribution in [0.15, 0.2) is 33.5 Å². The molecule has 4 N–H and O–H groups in total. The van der Waals surface area contributed by atoms with Crippen LogP contribution in [0.25, 0.3) is 10.9 Å². The number of halogens is 1. The Labute approximate surface area is 124 Å². The molecule has 0 atom stereocenters. The smallest absolute Gasteiger partial charge is 0.252 e. The van der Waals surface area contributed by atoms with Gasteiger partial charge in [-0.2, -0.15) is 0 Å². The van der Waals surface area contributed by atoms with Crippen molar-refractivity contribution < 1.29 is 4.79 Å². The summed E-state index contributed by atoms with van der Waals surface area (Å²) in [4.78, 5) is 26.7. The third kappa shape index (κ3) is 3.08. The molecule has 6 heteroatoms. The number of carbonyl (C=O) groups excluding carboxylic acids is 1. The SMILES string of the molecule is CC(C)(CN)NC(=O)c1cc(=O)[nH]c2ccc(Br)cc12. The van der Waals surface area contributed by atoms with Crippen molar-refractivity contribution in [3.8, 4) is 0 Å². The van der Waals surface area contributed by atoms with Crippen LogP contribution in [-0.4, -0.2) is 23.0 Å². The van der Waals surface area contributed by atoms with Gasteiger partial charge in [0.05, 0.1) is 5.56 Å². The average Bonchev–Trinajstić information content (AvgIpc) is 2.38. The maximum Gasteiger partial charge on any atom is 0.252 e. The Morgan fingerprint density at radius 1 is 1.40 bits per heavy atom. The van der Waals surface area contributed by atoms with E-state index in [1.807, 2.05) is 19.9 Å². The number of hydrogen-bond donors (Lipinski definition) is 3. The first kappa shape index (κ1) is 14.7. The summed E-state index contributed by atoms with van der Waals surface area (Å²) >= 11 is 3.37. The second-order valence-corrected chi connectivity index (χ2v) is 6.19. The summed E-state index contributed by atoms with van der Waals surface area (Å²) in [6, 6.07) is 6.67. The van der Waals surface area contributed by atoms with Crippen LogP contribution in [0.4, 0.5) is 0 Å². The Morgan fingerprint density at radius 3 is 2.75 bits per heavy atom. The molecule has 1 aromatic carbocycles. The molecule has 0 aliphatic heterocycles. The summed E-state index contributed by atoms with van der Waals surface area (Å²) in [6.07, 6.45) is 0. The third-order valence-corrected chi connectivity index (χ3v) is 3.51. The van der Waals surface area contributed by atoms with E-state index in [9.17, 15) is 9.59 Å². The van der Waals surface area contributed by atoms with Crippen molar-refractivity contribution in [3.63, 3.8) is 0 Å². The number of benzene rings is 1. The zero-order valence-corrected chi connectivity index (χ0v) is 12.9. The lowest BCUT2D eigenvalue weighted by Crippen LogP contribution is -2.49. The van der Waals surface area contributed by atoms with Crippen molar-refractivity contribution in [1.29, 1.82) is 0 Å². The van der Waals surface area contributed by atoms with Crippen LogP contribution in [0.2, 0.25) is 0 Å². The number of amides is 1. The molecule has 0 saturated heterocycles. The molecule has 0 fully saturated rings. The lowest BCUT2D eigenvalue weighted by atomic mass is 10.0. The first-order valence-electron chi connectivity index (χ1n) is 6.17. The topological polar surface area (TPSA) is 88.0 Å². The van der Waals surface area contributed by atoms with Crippen LogP contribution in [-0.2, 0) is 0 Å². The number of nitrogens with two attached hydrogens (primary N) is 1. The first-order valence-corrected chi connectivity index (χ1v) is 6.97. The highest BCUT2D eigenvalue weighted by Crippen LogP contribution is 2.21. The minimum atomic E-state index is -0.530. The number of rotatable bonds is 3. The largest absolute Gasteiger partial charge is 0.346 e. The summed E-state index contributed by atoms with van der Waals surface area (Å²) < 4.78 is 0.837. The highest BCUT2D eigenvalue weighted by atomic mass is 79.9. The summed E-state index contributed by atoms with van der Waals surface area (Å²) in [6.45, 7) is 3.97. The Hall–Kier alpha value is -1.66. The fourth-order valence-corrected chi connectivity index (χ4v) is 2.20. The van der Waals surface area contributed by atoms with Gasteiger partial charge in [0.25, 0.3) is 5.91 Å². The van der Waals surface area contributed by atoms with Gasteiger partial charge in [-0.05, 0) is 32.0 Å². The van der Waals surface area contributed by atoms with E-state index in [4.69, 9.17) is 5.73 Å². The van der Waals surface area contributed by atoms with Crippen LogP contribution in [0, 0.1) is 0 Å². The molecule has 2 rings (SSSR count). The highest BCUT2D eigenvalue weighted by molar-refractivity contribution is 9.10. The first-order chi connectivity index (χ1) is 9.32. The standard InChI is InChI=1S/C14H16BrN3O2/c1-14(2,7-16)18-13(20)10-6-12(19)17-11-4-3-8(15)5-9(10)11/h3-6H,7,16H2,1-2H3,(H,17,19)(H,18,20). The van der Waals surface area contributed by atoms with E-state index in [1.165, 1.54) is 6.07 Å². The van der Waals surface area contributed by atoms with Crippen molar-refractivity contribution in [2.45, 2.75) is 19.4 Å². The van der Waals surface area contributed by atoms with Gasteiger partial charge in [0.15, 0.2) is 0 Å². The molecule has 106 valence electrons. The zero-order chi connectivity index (χ0) is 14.9. The molecule has 0 bridgehead atoms. The van der Waals surface area contributed by atoms with Crippen molar-refractivity contribution in [2.24, 2.45) is 5.73 Å². The minimum Gasteiger partial charge on any atom is -0.346 e. The molecule has 5 nitrogen and oxygen atoms in total. The number of H-pyrrole nitrogens is 1. The second-order valence-electron chi connectivity index (χ2n) is 5.28. The summed E-state index contributed by atoms with van der Waals surface area (Å²) in [5, 5.41) is 3.51. The third-order valence-electron chi connectivity index (χ3n) is 3.01. The monoisotopic (exact) mass is 337 g/mol. The molecule has 1 amide bonds. The van der Waals surface area contributed by atoms with E-state index < -0.39 is 5.54 Å². The fourth-order valence-electron chi connectivity index (χ4n) is 1.84. The molecule has 0 aliphatic carbocycles. The van der Waals surface area contributed by atoms with E-state index in [0.29, 0.717) is 23.0 Å². The van der Waals surface area contributed by atoms with Crippen molar-refractivity contribution in [3.05, 3.63) is 44.7 Å². The predicted molar refractivity (Wildman–Crippen MR) is 82.9 cm³/mol. The lowest BCUT2D eigenvalue weighted by Gasteiger charge is -2.24. The molecule has 1 heterocycles. The molecule has 1 aromatic heterocycles. The molecule has 0 spiro atoms. The second kappa shape index (κ2) is 5.38. The van der Waals surface area contributed by atoms with Gasteiger partial charge in [0.2, 0.25) is 5.56 Å². The number of carbonyl (C=O) groups is 1. The van der Waals surface area contributed by atoms with Gasteiger partial charge in [0, 0.05) is 33.5 Å². The molecular formula is C14H16BrN3O2. The normalized spacial score (nSPS) is 11.6. The number of aromatic nitrogens is 1. The molecule has 0 radical (unpaired) electrons. The Morgan fingerprint density at radius 2 is 2.10 bits per heavy atom. The van der Waals surface area contributed by atoms with E-state index in [1.54, 1.807) is 12.1 Å². The van der Waals surface area contributed by atoms with E-state index in [0.717, 1.165) is 4.47 Å². The van der Waals surface area contributed by atoms with Gasteiger partial charge >= 0.3 is 0 Å². The number of hydrogen-bond acceptors (Lipinski definition) is 3. The van der Waals surface area contributed by atoms with Crippen molar-refractivity contribution in [1.82, 2.24) is 10.3 Å². The fraction of sp³-hybridized carbons (Fsp3) is 0.286. The molecule has 0 saturated carbocycles. The number of fused-ring (bicyclic) bond motifs is 1. The van der Waals surface area contributed by atoms with E-state index in [-0.39, 0.29) is 11.5 Å². The van der Waals surface area contributed by atoms with Crippen LogP contribution in [0.1, 0.15) is 24.2 Å². The van der Waals surface area contributed by atoms with Crippen LogP contribution in [0.3, 0.4) is 0 Å². The summed E-state index contributed by atoms with van der Waals surface area (Å²) in [5.74, 6) is -0.311. The van der Waals surface area contributed by atoms with Crippen molar-refractivity contribution >= 4 is 32.7 Å². The van der Waals surface area contributed by atoms with E-state index in [2.05, 4.69) is 26.2 Å². The maximum absolute atomic E-state index is 12.4. The van der Waals surface area contributed by atoms with Crippen LogP contribution in [0.5, 0.6) is 0 Å². The molecule has 0 aliphatic rings. The zero-order valence-electron chi connectivity index (χ0n) is 11.3. The van der Waals surface area contributed by atoms with Crippen LogP contribution >= 0.6 is 15.9 Å². The number of pyridine rings is 1. The summed E-state index contributed by atoms with van der Waals surface area (Å²) in [7, 11) is 0. The summed E-state index contributed by atoms with van der Waals surface area (Å²) in [5.41, 5.74) is 5.73. The van der Waals surface area contributed by atoms with E-state index >= 15 is 0 Å². The predicted octanol–water partition coefficient (Wildman–Crippen LogP) is 1.76. The quantitative estimate of drug-likeness (QED) is 0.797. The highest BCUT2D eigenvalue weighted by Gasteiger charge is 2.21. The number of aromatic amines is 1. The Balaban J connectivity index is 2.56. The Kier molecular flexibility index (Phi) is 3.96. The van der Waals surface area contributed by atoms with Gasteiger partial charge in [-0.15, -0.1) is 0 Å². The lowest BCUT2D eigenvalue weighted by molar-refractivity contribution is 0.0917.